The first-order valence-corrected chi connectivity index (χ1v) is 13.0. The number of aryl methyl sites for hydroxylation is 1. The molecule has 0 aliphatic carbocycles. The number of aromatic nitrogens is 3. The number of hydrogen-bond acceptors (Lipinski definition) is 6. The van der Waals surface area contributed by atoms with Gasteiger partial charge in [0.25, 0.3) is 0 Å². The topological polar surface area (TPSA) is 86.1 Å². The second-order valence-corrected chi connectivity index (χ2v) is 10.9. The highest BCUT2D eigenvalue weighted by Gasteiger charge is 2.22. The third-order valence-electron chi connectivity index (χ3n) is 7.83. The van der Waals surface area contributed by atoms with Crippen LogP contribution in [0.15, 0.2) is 18.2 Å². The van der Waals surface area contributed by atoms with Gasteiger partial charge < -0.3 is 20.9 Å². The largest absolute Gasteiger partial charge is 0.382 e. The molecular weight excluding hydrogens is 422 g/mol. The molecule has 4 rings (SSSR count). The Morgan fingerprint density at radius 3 is 2.62 bits per heavy atom. The van der Waals surface area contributed by atoms with Crippen molar-refractivity contribution < 1.29 is 0 Å². The predicted molar refractivity (Wildman–Crippen MR) is 144 cm³/mol. The summed E-state index contributed by atoms with van der Waals surface area (Å²) in [4.78, 5) is 17.9. The van der Waals surface area contributed by atoms with Crippen LogP contribution in [-0.2, 0) is 6.42 Å². The molecule has 1 aliphatic heterocycles. The molecule has 0 spiro atoms. The van der Waals surface area contributed by atoms with E-state index in [1.165, 1.54) is 12.1 Å². The van der Waals surface area contributed by atoms with Gasteiger partial charge in [0, 0.05) is 50.3 Å². The van der Waals surface area contributed by atoms with Gasteiger partial charge in [0.2, 0.25) is 0 Å². The van der Waals surface area contributed by atoms with Crippen LogP contribution < -0.4 is 16.0 Å². The van der Waals surface area contributed by atoms with Gasteiger partial charge >= 0.3 is 0 Å². The van der Waals surface area contributed by atoms with Crippen LogP contribution >= 0.6 is 0 Å². The van der Waals surface area contributed by atoms with Crippen molar-refractivity contribution in [2.45, 2.75) is 60.3 Å². The number of imidazole rings is 1. The number of nitrogens with one attached hydrogen (secondary N) is 2. The van der Waals surface area contributed by atoms with Gasteiger partial charge in [0.05, 0.1) is 5.52 Å². The summed E-state index contributed by atoms with van der Waals surface area (Å²) < 4.78 is 0. The second kappa shape index (κ2) is 10.5. The maximum absolute atomic E-state index is 6.24. The van der Waals surface area contributed by atoms with E-state index in [1.54, 1.807) is 0 Å². The Morgan fingerprint density at radius 1 is 1.15 bits per heavy atom. The van der Waals surface area contributed by atoms with Gasteiger partial charge in [0.1, 0.15) is 22.7 Å². The maximum Gasteiger partial charge on any atom is 0.150 e. The summed E-state index contributed by atoms with van der Waals surface area (Å²) in [5.41, 5.74) is 10.6. The molecule has 1 fully saturated rings. The van der Waals surface area contributed by atoms with Gasteiger partial charge in [-0.3, -0.25) is 4.90 Å². The lowest BCUT2D eigenvalue weighted by atomic mass is 9.78. The van der Waals surface area contributed by atoms with E-state index in [0.29, 0.717) is 17.2 Å². The highest BCUT2D eigenvalue weighted by Crippen LogP contribution is 2.31. The number of hydrogen-bond donors (Lipinski definition) is 3. The van der Waals surface area contributed by atoms with Crippen molar-refractivity contribution in [1.82, 2.24) is 25.2 Å². The number of pyridine rings is 1. The van der Waals surface area contributed by atoms with E-state index in [9.17, 15) is 0 Å². The molecule has 7 nitrogen and oxygen atoms in total. The molecule has 1 aromatic carbocycles. The molecule has 34 heavy (non-hydrogen) atoms. The monoisotopic (exact) mass is 465 g/mol. The highest BCUT2D eigenvalue weighted by molar-refractivity contribution is 6.07. The lowest BCUT2D eigenvalue weighted by Crippen LogP contribution is -2.49. The normalized spacial score (nSPS) is 15.8. The minimum atomic E-state index is 0.387. The van der Waals surface area contributed by atoms with Gasteiger partial charge in [-0.15, -0.1) is 0 Å². The number of nitrogens with zero attached hydrogens (tertiary/aromatic N) is 4. The number of aromatic amines is 1. The van der Waals surface area contributed by atoms with E-state index in [-0.39, 0.29) is 0 Å². The van der Waals surface area contributed by atoms with Gasteiger partial charge in [0.15, 0.2) is 0 Å². The Kier molecular flexibility index (Phi) is 7.63. The number of benzene rings is 1. The zero-order valence-corrected chi connectivity index (χ0v) is 21.7. The molecule has 0 radical (unpaired) electrons. The molecule has 1 aliphatic rings. The maximum atomic E-state index is 6.24. The number of nitrogen functional groups attached to an aromatic ring is 1. The number of rotatable bonds is 10. The molecule has 3 heterocycles. The number of fused-ring (bicyclic) bond motifs is 3. The molecule has 2 aromatic heterocycles. The Bertz CT molecular complexity index is 1090. The Balaban J connectivity index is 1.39. The highest BCUT2D eigenvalue weighted by atomic mass is 15.3. The molecule has 0 unspecified atom stereocenters. The van der Waals surface area contributed by atoms with E-state index in [2.05, 4.69) is 77.9 Å². The third-order valence-corrected chi connectivity index (χ3v) is 7.83. The average Bonchev–Trinajstić information content (AvgIpc) is 3.26. The van der Waals surface area contributed by atoms with Gasteiger partial charge in [-0.1, -0.05) is 41.0 Å². The van der Waals surface area contributed by atoms with Gasteiger partial charge in [-0.2, -0.15) is 0 Å². The van der Waals surface area contributed by atoms with E-state index in [4.69, 9.17) is 10.7 Å². The first-order chi connectivity index (χ1) is 16.3. The Morgan fingerprint density at radius 2 is 1.91 bits per heavy atom. The fourth-order valence-corrected chi connectivity index (χ4v) is 4.56. The lowest BCUT2D eigenvalue weighted by Gasteiger charge is -2.36. The molecule has 3 aromatic rings. The van der Waals surface area contributed by atoms with Crippen LogP contribution in [0.3, 0.4) is 0 Å². The standard InChI is InChI=1S/C27H43N7/c1-6-7-8-23-31-24-21-17-20(9-10-22(21)30-26(28)25(24)32-23)34-15-13-33(14-16-34)18-29-12-11-27(4,5)19(2)3/h9-10,17,19,29H,6-8,11-16,18H2,1-5H3,(H2,28,30)(H,31,32). The molecule has 0 bridgehead atoms. The molecule has 186 valence electrons. The molecule has 0 atom stereocenters. The molecule has 7 heteroatoms. The lowest BCUT2D eigenvalue weighted by molar-refractivity contribution is 0.204. The molecule has 4 N–H and O–H groups in total. The minimum Gasteiger partial charge on any atom is -0.382 e. The van der Waals surface area contributed by atoms with Gasteiger partial charge in [-0.05, 0) is 48.9 Å². The van der Waals surface area contributed by atoms with E-state index >= 15 is 0 Å². The van der Waals surface area contributed by atoms with Crippen molar-refractivity contribution in [3.05, 3.63) is 24.0 Å². The van der Waals surface area contributed by atoms with Crippen molar-refractivity contribution in [3.63, 3.8) is 0 Å². The minimum absolute atomic E-state index is 0.387. The molecule has 0 saturated carbocycles. The van der Waals surface area contributed by atoms with E-state index in [0.717, 1.165) is 86.4 Å². The fourth-order valence-electron chi connectivity index (χ4n) is 4.56. The number of anilines is 2. The summed E-state index contributed by atoms with van der Waals surface area (Å²) in [6, 6.07) is 6.51. The molecule has 1 saturated heterocycles. The van der Waals surface area contributed by atoms with Crippen LogP contribution in [0.1, 0.15) is 59.7 Å². The van der Waals surface area contributed by atoms with Crippen LogP contribution in [-0.4, -0.2) is 59.2 Å². The summed E-state index contributed by atoms with van der Waals surface area (Å²) in [6.45, 7) is 17.8. The molecular formula is C27H43N7. The summed E-state index contributed by atoms with van der Waals surface area (Å²) >= 11 is 0. The number of H-pyrrole nitrogens is 1. The van der Waals surface area contributed by atoms with Gasteiger partial charge in [-0.25, -0.2) is 9.97 Å². The van der Waals surface area contributed by atoms with Crippen molar-refractivity contribution in [2.24, 2.45) is 11.3 Å². The first-order valence-electron chi connectivity index (χ1n) is 13.0. The third kappa shape index (κ3) is 5.47. The summed E-state index contributed by atoms with van der Waals surface area (Å²) in [7, 11) is 0. The van der Waals surface area contributed by atoms with Crippen LogP contribution in [0.4, 0.5) is 11.5 Å². The van der Waals surface area contributed by atoms with Crippen LogP contribution in [0.25, 0.3) is 21.9 Å². The zero-order valence-electron chi connectivity index (χ0n) is 21.7. The summed E-state index contributed by atoms with van der Waals surface area (Å²) in [5, 5.41) is 4.74. The van der Waals surface area contributed by atoms with E-state index < -0.39 is 0 Å². The SMILES string of the molecule is CCCCc1nc2c([nH]1)c(N)nc1ccc(N3CCN(CNCCC(C)(C)C(C)C)CC3)cc12. The predicted octanol–water partition coefficient (Wildman–Crippen LogP) is 4.78. The summed E-state index contributed by atoms with van der Waals surface area (Å²) in [6.07, 6.45) is 4.41. The number of unbranched alkanes of at least 4 members (excludes halogenated alkanes) is 1. The number of nitrogens with two attached hydrogens (primary N) is 1. The van der Waals surface area contributed by atoms with Crippen molar-refractivity contribution >= 4 is 33.4 Å². The van der Waals surface area contributed by atoms with Crippen molar-refractivity contribution in [1.29, 1.82) is 0 Å². The Hall–Kier alpha value is -2.38. The van der Waals surface area contributed by atoms with Crippen molar-refractivity contribution in [3.8, 4) is 0 Å². The number of piperazine rings is 1. The quantitative estimate of drug-likeness (QED) is 0.374. The van der Waals surface area contributed by atoms with Crippen LogP contribution in [0.2, 0.25) is 0 Å². The molecule has 0 amide bonds. The van der Waals surface area contributed by atoms with Crippen LogP contribution in [0.5, 0.6) is 0 Å². The van der Waals surface area contributed by atoms with Crippen LogP contribution in [0, 0.1) is 11.3 Å². The zero-order chi connectivity index (χ0) is 24.3. The second-order valence-electron chi connectivity index (χ2n) is 10.9. The first kappa shape index (κ1) is 24.7. The smallest absolute Gasteiger partial charge is 0.150 e. The summed E-state index contributed by atoms with van der Waals surface area (Å²) in [5.74, 6) is 2.24. The Labute approximate surface area is 204 Å². The van der Waals surface area contributed by atoms with Crippen molar-refractivity contribution in [2.75, 3.05) is 50.0 Å². The average molecular weight is 466 g/mol. The van der Waals surface area contributed by atoms with E-state index in [1.807, 2.05) is 0 Å². The fraction of sp³-hybridized carbons (Fsp3) is 0.630.